The molecule has 8 heteroatoms. The molecule has 0 atom stereocenters. The van der Waals surface area contributed by atoms with E-state index in [4.69, 9.17) is 4.74 Å². The number of anilines is 1. The van der Waals surface area contributed by atoms with E-state index in [1.165, 1.54) is 6.07 Å². The van der Waals surface area contributed by atoms with Gasteiger partial charge < -0.3 is 15.2 Å². The molecule has 2 N–H and O–H groups in total. The minimum absolute atomic E-state index is 0.101. The van der Waals surface area contributed by atoms with E-state index in [2.05, 4.69) is 10.3 Å². The molecule has 1 aliphatic heterocycles. The van der Waals surface area contributed by atoms with Gasteiger partial charge in [0.25, 0.3) is 0 Å². The molecule has 0 aromatic carbocycles. The van der Waals surface area contributed by atoms with Crippen LogP contribution in [0.25, 0.3) is 0 Å². The Balaban J connectivity index is 2.03. The zero-order valence-corrected chi connectivity index (χ0v) is 11.1. The second kappa shape index (κ2) is 5.88. The summed E-state index contributed by atoms with van der Waals surface area (Å²) in [5, 5.41) is 12.2. The SMILES string of the molecule is O=C(O)C1(CNc2ccc(C(F)(F)F)cn2)CCOCC1. The summed E-state index contributed by atoms with van der Waals surface area (Å²) in [6.07, 6.45) is -3.00. The first-order valence-corrected chi connectivity index (χ1v) is 6.42. The smallest absolute Gasteiger partial charge is 0.417 e. The minimum atomic E-state index is -4.44. The summed E-state index contributed by atoms with van der Waals surface area (Å²) in [6.45, 7) is 0.812. The summed E-state index contributed by atoms with van der Waals surface area (Å²) in [5.74, 6) is -0.722. The van der Waals surface area contributed by atoms with Crippen LogP contribution in [0.2, 0.25) is 0 Å². The summed E-state index contributed by atoms with van der Waals surface area (Å²) in [7, 11) is 0. The molecule has 0 aliphatic carbocycles. The normalized spacial score (nSPS) is 18.2. The fourth-order valence-electron chi connectivity index (χ4n) is 2.15. The van der Waals surface area contributed by atoms with Gasteiger partial charge in [-0.25, -0.2) is 4.98 Å². The Bertz CT molecular complexity index is 496. The number of ether oxygens (including phenoxy) is 1. The van der Waals surface area contributed by atoms with Gasteiger partial charge in [-0.15, -0.1) is 0 Å². The lowest BCUT2D eigenvalue weighted by Gasteiger charge is -2.33. The van der Waals surface area contributed by atoms with Crippen molar-refractivity contribution in [3.05, 3.63) is 23.9 Å². The van der Waals surface area contributed by atoms with E-state index in [1.807, 2.05) is 0 Å². The van der Waals surface area contributed by atoms with Crippen LogP contribution in [-0.4, -0.2) is 35.8 Å². The number of carboxylic acid groups (broad SMARTS) is 1. The number of aromatic nitrogens is 1. The van der Waals surface area contributed by atoms with Gasteiger partial charge >= 0.3 is 12.1 Å². The topological polar surface area (TPSA) is 71.5 Å². The van der Waals surface area contributed by atoms with Crippen LogP contribution < -0.4 is 5.32 Å². The maximum atomic E-state index is 12.4. The van der Waals surface area contributed by atoms with Crippen LogP contribution >= 0.6 is 0 Å². The lowest BCUT2D eigenvalue weighted by Crippen LogP contribution is -2.42. The molecule has 0 saturated carbocycles. The number of halogens is 3. The third kappa shape index (κ3) is 3.63. The van der Waals surface area contributed by atoms with Crippen molar-refractivity contribution < 1.29 is 27.8 Å². The average Bonchev–Trinajstić information content (AvgIpc) is 2.45. The fraction of sp³-hybridized carbons (Fsp3) is 0.538. The molecule has 116 valence electrons. The van der Waals surface area contributed by atoms with E-state index < -0.39 is 23.1 Å². The highest BCUT2D eigenvalue weighted by Crippen LogP contribution is 2.32. The Morgan fingerprint density at radius 1 is 1.38 bits per heavy atom. The molecule has 1 aromatic rings. The largest absolute Gasteiger partial charge is 0.481 e. The fourth-order valence-corrected chi connectivity index (χ4v) is 2.15. The predicted octanol–water partition coefficient (Wildman–Crippen LogP) is 2.39. The number of hydrogen-bond donors (Lipinski definition) is 2. The first kappa shape index (κ1) is 15.6. The van der Waals surface area contributed by atoms with E-state index in [-0.39, 0.29) is 12.4 Å². The van der Waals surface area contributed by atoms with E-state index in [1.54, 1.807) is 0 Å². The van der Waals surface area contributed by atoms with Crippen LogP contribution in [0.1, 0.15) is 18.4 Å². The molecule has 0 bridgehead atoms. The Hall–Kier alpha value is -1.83. The molecular weight excluding hydrogens is 289 g/mol. The third-order valence-corrected chi connectivity index (χ3v) is 3.60. The van der Waals surface area contributed by atoms with Crippen molar-refractivity contribution in [2.75, 3.05) is 25.1 Å². The van der Waals surface area contributed by atoms with Crippen LogP contribution in [0.15, 0.2) is 18.3 Å². The van der Waals surface area contributed by atoms with Gasteiger partial charge in [0.05, 0.1) is 11.0 Å². The number of pyridine rings is 1. The number of alkyl halides is 3. The van der Waals surface area contributed by atoms with Gasteiger partial charge in [-0.1, -0.05) is 0 Å². The van der Waals surface area contributed by atoms with Gasteiger partial charge in [0.15, 0.2) is 0 Å². The molecule has 2 heterocycles. The number of carboxylic acids is 1. The molecule has 21 heavy (non-hydrogen) atoms. The maximum absolute atomic E-state index is 12.4. The molecule has 5 nitrogen and oxygen atoms in total. The summed E-state index contributed by atoms with van der Waals surface area (Å²) >= 11 is 0. The van der Waals surface area contributed by atoms with Crippen molar-refractivity contribution in [3.63, 3.8) is 0 Å². The summed E-state index contributed by atoms with van der Waals surface area (Å²) in [6, 6.07) is 2.10. The van der Waals surface area contributed by atoms with Crippen molar-refractivity contribution in [1.82, 2.24) is 4.98 Å². The molecule has 0 amide bonds. The monoisotopic (exact) mass is 304 g/mol. The van der Waals surface area contributed by atoms with Gasteiger partial charge in [0, 0.05) is 26.0 Å². The lowest BCUT2D eigenvalue weighted by atomic mass is 9.80. The molecule has 0 unspecified atom stereocenters. The standard InChI is InChI=1S/C13H15F3N2O3/c14-13(15,16)9-1-2-10(17-7-9)18-8-12(11(19)20)3-5-21-6-4-12/h1-2,7H,3-6,8H2,(H,17,18)(H,19,20). The van der Waals surface area contributed by atoms with Gasteiger partial charge in [-0.3, -0.25) is 4.79 Å². The number of nitrogens with zero attached hydrogens (tertiary/aromatic N) is 1. The number of hydrogen-bond acceptors (Lipinski definition) is 4. The van der Waals surface area contributed by atoms with Crippen molar-refractivity contribution in [3.8, 4) is 0 Å². The molecule has 1 aromatic heterocycles. The summed E-state index contributed by atoms with van der Waals surface area (Å²) in [5.41, 5.74) is -1.81. The van der Waals surface area contributed by atoms with Gasteiger partial charge in [0.1, 0.15) is 5.82 Å². The molecule has 1 fully saturated rings. The van der Waals surface area contributed by atoms with E-state index in [9.17, 15) is 23.1 Å². The van der Waals surface area contributed by atoms with Crippen LogP contribution in [-0.2, 0) is 15.7 Å². The van der Waals surface area contributed by atoms with E-state index >= 15 is 0 Å². The average molecular weight is 304 g/mol. The highest BCUT2D eigenvalue weighted by Gasteiger charge is 2.40. The second-order valence-electron chi connectivity index (χ2n) is 4.98. The Morgan fingerprint density at radius 2 is 2.05 bits per heavy atom. The molecule has 1 aliphatic rings. The first-order valence-electron chi connectivity index (χ1n) is 6.42. The van der Waals surface area contributed by atoms with Gasteiger partial charge in [-0.05, 0) is 25.0 Å². The van der Waals surface area contributed by atoms with Gasteiger partial charge in [-0.2, -0.15) is 13.2 Å². The highest BCUT2D eigenvalue weighted by atomic mass is 19.4. The van der Waals surface area contributed by atoms with E-state index in [0.29, 0.717) is 26.1 Å². The maximum Gasteiger partial charge on any atom is 0.417 e. The third-order valence-electron chi connectivity index (χ3n) is 3.60. The van der Waals surface area contributed by atoms with Gasteiger partial charge in [0.2, 0.25) is 0 Å². The summed E-state index contributed by atoms with van der Waals surface area (Å²) in [4.78, 5) is 15.1. The Kier molecular flexibility index (Phi) is 4.36. The first-order chi connectivity index (χ1) is 9.83. The predicted molar refractivity (Wildman–Crippen MR) is 67.9 cm³/mol. The van der Waals surface area contributed by atoms with Crippen LogP contribution in [0.5, 0.6) is 0 Å². The highest BCUT2D eigenvalue weighted by molar-refractivity contribution is 5.75. The minimum Gasteiger partial charge on any atom is -0.481 e. The zero-order chi connectivity index (χ0) is 15.5. The number of carbonyl (C=O) groups is 1. The number of nitrogens with one attached hydrogen (secondary N) is 1. The number of aliphatic carboxylic acids is 1. The Labute approximate surface area is 119 Å². The van der Waals surface area contributed by atoms with Crippen LogP contribution in [0.4, 0.5) is 19.0 Å². The molecule has 0 radical (unpaired) electrons. The van der Waals surface area contributed by atoms with Crippen LogP contribution in [0.3, 0.4) is 0 Å². The quantitative estimate of drug-likeness (QED) is 0.893. The number of rotatable bonds is 4. The van der Waals surface area contributed by atoms with Crippen LogP contribution in [0, 0.1) is 5.41 Å². The lowest BCUT2D eigenvalue weighted by molar-refractivity contribution is -0.153. The zero-order valence-electron chi connectivity index (χ0n) is 11.1. The van der Waals surface area contributed by atoms with E-state index in [0.717, 1.165) is 12.3 Å². The second-order valence-corrected chi connectivity index (χ2v) is 4.98. The molecule has 2 rings (SSSR count). The van der Waals surface area contributed by atoms with Crippen molar-refractivity contribution in [2.45, 2.75) is 19.0 Å². The molecular formula is C13H15F3N2O3. The van der Waals surface area contributed by atoms with Crippen molar-refractivity contribution >= 4 is 11.8 Å². The molecule has 1 saturated heterocycles. The molecule has 0 spiro atoms. The van der Waals surface area contributed by atoms with Crippen molar-refractivity contribution in [1.29, 1.82) is 0 Å². The summed E-state index contributed by atoms with van der Waals surface area (Å²) < 4.78 is 42.4. The van der Waals surface area contributed by atoms with Crippen molar-refractivity contribution in [2.24, 2.45) is 5.41 Å². The Morgan fingerprint density at radius 3 is 2.52 bits per heavy atom.